The highest BCUT2D eigenvalue weighted by atomic mass is 16.1. The lowest BCUT2D eigenvalue weighted by molar-refractivity contribution is 0.455. The first-order valence-corrected chi connectivity index (χ1v) is 9.77. The highest BCUT2D eigenvalue weighted by Crippen LogP contribution is 2.33. The first kappa shape index (κ1) is 17.9. The van der Waals surface area contributed by atoms with E-state index in [-0.39, 0.29) is 22.6 Å². The van der Waals surface area contributed by atoms with Gasteiger partial charge in [-0.1, -0.05) is 20.8 Å². The van der Waals surface area contributed by atoms with Crippen LogP contribution in [-0.4, -0.2) is 31.9 Å². The summed E-state index contributed by atoms with van der Waals surface area (Å²) in [4.78, 5) is 31.7. The predicted molar refractivity (Wildman–Crippen MR) is 104 cm³/mol. The minimum atomic E-state index is -0.121. The zero-order valence-electron chi connectivity index (χ0n) is 16.3. The SMILES string of the molecule is CC(C)(C)c1ccc(=O)n(CC2CCCN2c2nccn(C3CC3)c2=O)n1. The van der Waals surface area contributed by atoms with Crippen molar-refractivity contribution < 1.29 is 0 Å². The van der Waals surface area contributed by atoms with Crippen molar-refractivity contribution in [3.05, 3.63) is 50.9 Å². The van der Waals surface area contributed by atoms with Crippen molar-refractivity contribution in [3.63, 3.8) is 0 Å². The Morgan fingerprint density at radius 2 is 1.93 bits per heavy atom. The monoisotopic (exact) mass is 369 g/mol. The van der Waals surface area contributed by atoms with Gasteiger partial charge in [-0.25, -0.2) is 9.67 Å². The first-order valence-electron chi connectivity index (χ1n) is 9.77. The molecule has 2 fully saturated rings. The molecule has 1 saturated heterocycles. The van der Waals surface area contributed by atoms with E-state index in [4.69, 9.17) is 0 Å². The molecule has 0 amide bonds. The molecule has 1 unspecified atom stereocenters. The van der Waals surface area contributed by atoms with Crippen LogP contribution >= 0.6 is 0 Å². The lowest BCUT2D eigenvalue weighted by Gasteiger charge is -2.26. The second-order valence-corrected chi connectivity index (χ2v) is 8.67. The molecule has 1 atom stereocenters. The maximum absolute atomic E-state index is 12.9. The van der Waals surface area contributed by atoms with Crippen molar-refractivity contribution in [1.82, 2.24) is 19.3 Å². The lowest BCUT2D eigenvalue weighted by Crippen LogP contribution is -2.41. The number of rotatable bonds is 4. The fourth-order valence-electron chi connectivity index (χ4n) is 3.74. The summed E-state index contributed by atoms with van der Waals surface area (Å²) in [6.07, 6.45) is 7.53. The number of hydrogen-bond donors (Lipinski definition) is 0. The van der Waals surface area contributed by atoms with Gasteiger partial charge < -0.3 is 9.47 Å². The predicted octanol–water partition coefficient (Wildman–Crippen LogP) is 2.10. The summed E-state index contributed by atoms with van der Waals surface area (Å²) in [5.74, 6) is 0.506. The van der Waals surface area contributed by atoms with E-state index < -0.39 is 0 Å². The average Bonchev–Trinajstić information content (AvgIpc) is 3.35. The van der Waals surface area contributed by atoms with Crippen molar-refractivity contribution in [2.75, 3.05) is 11.4 Å². The van der Waals surface area contributed by atoms with E-state index >= 15 is 0 Å². The molecule has 144 valence electrons. The van der Waals surface area contributed by atoms with Crippen molar-refractivity contribution >= 4 is 5.82 Å². The molecule has 0 aromatic carbocycles. The first-order chi connectivity index (χ1) is 12.8. The highest BCUT2D eigenvalue weighted by Gasteiger charge is 2.31. The van der Waals surface area contributed by atoms with Gasteiger partial charge in [0.1, 0.15) is 0 Å². The van der Waals surface area contributed by atoms with Crippen molar-refractivity contribution in [2.45, 2.75) is 70.5 Å². The second kappa shape index (κ2) is 6.62. The van der Waals surface area contributed by atoms with E-state index in [1.807, 2.05) is 4.57 Å². The molecule has 0 bridgehead atoms. The quantitative estimate of drug-likeness (QED) is 0.825. The Labute approximate surface area is 158 Å². The van der Waals surface area contributed by atoms with E-state index in [0.717, 1.165) is 37.9 Å². The summed E-state index contributed by atoms with van der Waals surface area (Å²) in [7, 11) is 0. The maximum atomic E-state index is 12.9. The van der Waals surface area contributed by atoms with Gasteiger partial charge in [0.15, 0.2) is 5.82 Å². The van der Waals surface area contributed by atoms with Gasteiger partial charge in [0.25, 0.3) is 11.1 Å². The van der Waals surface area contributed by atoms with E-state index in [9.17, 15) is 9.59 Å². The molecule has 2 aliphatic rings. The van der Waals surface area contributed by atoms with E-state index in [1.54, 1.807) is 29.2 Å². The summed E-state index contributed by atoms with van der Waals surface area (Å²) >= 11 is 0. The van der Waals surface area contributed by atoms with Crippen LogP contribution in [-0.2, 0) is 12.0 Å². The van der Waals surface area contributed by atoms with Gasteiger partial charge >= 0.3 is 0 Å². The fraction of sp³-hybridized carbons (Fsp3) is 0.600. The fourth-order valence-corrected chi connectivity index (χ4v) is 3.74. The minimum absolute atomic E-state index is 0.0179. The van der Waals surface area contributed by atoms with Crippen LogP contribution in [0.5, 0.6) is 0 Å². The van der Waals surface area contributed by atoms with Crippen LogP contribution in [0.15, 0.2) is 34.1 Å². The number of hydrogen-bond acceptors (Lipinski definition) is 5. The molecule has 1 aliphatic heterocycles. The van der Waals surface area contributed by atoms with Gasteiger partial charge in [0.05, 0.1) is 18.3 Å². The molecule has 2 aromatic rings. The third-order valence-corrected chi connectivity index (χ3v) is 5.46. The third-order valence-electron chi connectivity index (χ3n) is 5.46. The Morgan fingerprint density at radius 3 is 2.63 bits per heavy atom. The zero-order chi connectivity index (χ0) is 19.2. The molecule has 1 saturated carbocycles. The Hall–Kier alpha value is -2.44. The van der Waals surface area contributed by atoms with Gasteiger partial charge in [-0.2, -0.15) is 5.10 Å². The van der Waals surface area contributed by atoms with Crippen LogP contribution in [0.2, 0.25) is 0 Å². The third kappa shape index (κ3) is 3.55. The molecular formula is C20H27N5O2. The smallest absolute Gasteiger partial charge is 0.293 e. The topological polar surface area (TPSA) is 73.0 Å². The minimum Gasteiger partial charge on any atom is -0.347 e. The zero-order valence-corrected chi connectivity index (χ0v) is 16.3. The van der Waals surface area contributed by atoms with Gasteiger partial charge in [-0.05, 0) is 31.7 Å². The van der Waals surface area contributed by atoms with Crippen LogP contribution in [0.4, 0.5) is 5.82 Å². The highest BCUT2D eigenvalue weighted by molar-refractivity contribution is 5.39. The van der Waals surface area contributed by atoms with Gasteiger partial charge in [-0.15, -0.1) is 0 Å². The summed E-state index contributed by atoms with van der Waals surface area (Å²) in [6.45, 7) is 7.51. The average molecular weight is 369 g/mol. The Morgan fingerprint density at radius 1 is 1.15 bits per heavy atom. The summed E-state index contributed by atoms with van der Waals surface area (Å²) in [5.41, 5.74) is 0.645. The Balaban J connectivity index is 1.63. The molecule has 2 aromatic heterocycles. The number of anilines is 1. The molecule has 0 radical (unpaired) electrons. The van der Waals surface area contributed by atoms with Crippen LogP contribution in [0.1, 0.15) is 58.2 Å². The normalized spacial score (nSPS) is 20.3. The largest absolute Gasteiger partial charge is 0.347 e. The number of nitrogens with zero attached hydrogens (tertiary/aromatic N) is 5. The van der Waals surface area contributed by atoms with Crippen LogP contribution in [0.3, 0.4) is 0 Å². The molecule has 7 nitrogen and oxygen atoms in total. The van der Waals surface area contributed by atoms with E-state index in [2.05, 4.69) is 35.8 Å². The second-order valence-electron chi connectivity index (χ2n) is 8.67. The van der Waals surface area contributed by atoms with Crippen molar-refractivity contribution in [1.29, 1.82) is 0 Å². The maximum Gasteiger partial charge on any atom is 0.293 e. The van der Waals surface area contributed by atoms with E-state index in [0.29, 0.717) is 18.4 Å². The molecule has 4 rings (SSSR count). The van der Waals surface area contributed by atoms with Crippen LogP contribution < -0.4 is 16.0 Å². The molecule has 7 heteroatoms. The summed E-state index contributed by atoms with van der Waals surface area (Å²) in [5, 5.41) is 4.59. The van der Waals surface area contributed by atoms with Gasteiger partial charge in [0.2, 0.25) is 0 Å². The standard InChI is InChI=1S/C20H27N5O2/c1-20(2,3)16-8-9-17(26)25(22-16)13-15-5-4-11-23(15)18-19(27)24(12-10-21-18)14-6-7-14/h8-10,12,14-15H,4-7,11,13H2,1-3H3. The Bertz CT molecular complexity index is 952. The van der Waals surface area contributed by atoms with E-state index in [1.165, 1.54) is 0 Å². The van der Waals surface area contributed by atoms with Crippen molar-refractivity contribution in [2.24, 2.45) is 0 Å². The molecular weight excluding hydrogens is 342 g/mol. The van der Waals surface area contributed by atoms with Crippen molar-refractivity contribution in [3.8, 4) is 0 Å². The molecule has 27 heavy (non-hydrogen) atoms. The summed E-state index contributed by atoms with van der Waals surface area (Å²) < 4.78 is 3.36. The molecule has 0 spiro atoms. The van der Waals surface area contributed by atoms with Crippen LogP contribution in [0, 0.1) is 0 Å². The van der Waals surface area contributed by atoms with Gasteiger partial charge in [0, 0.05) is 36.5 Å². The molecule has 3 heterocycles. The molecule has 1 aliphatic carbocycles. The number of aromatic nitrogens is 4. The molecule has 0 N–H and O–H groups in total. The Kier molecular flexibility index (Phi) is 4.40. The van der Waals surface area contributed by atoms with Gasteiger partial charge in [-0.3, -0.25) is 9.59 Å². The van der Waals surface area contributed by atoms with Crippen LogP contribution in [0.25, 0.3) is 0 Å². The lowest BCUT2D eigenvalue weighted by atomic mass is 9.92. The summed E-state index contributed by atoms with van der Waals surface area (Å²) in [6, 6.07) is 3.78.